The maximum absolute atomic E-state index is 13.3. The Bertz CT molecular complexity index is 887. The third-order valence-corrected chi connectivity index (χ3v) is 3.24. The molecule has 0 aliphatic carbocycles. The molecule has 2 rings (SSSR count). The van der Waals surface area contributed by atoms with Crippen molar-refractivity contribution in [2.75, 3.05) is 12.4 Å². The monoisotopic (exact) mass is 382 g/mol. The maximum atomic E-state index is 13.3. The van der Waals surface area contributed by atoms with Gasteiger partial charge in [-0.15, -0.1) is 0 Å². The Hall–Kier alpha value is -3.56. The second kappa shape index (κ2) is 8.70. The lowest BCUT2D eigenvalue weighted by atomic mass is 10.2. The fourth-order valence-electron chi connectivity index (χ4n) is 2.07. The molecular formula is C17H13F3N2O5. The van der Waals surface area contributed by atoms with Gasteiger partial charge in [-0.3, -0.25) is 14.9 Å². The Balaban J connectivity index is 2.10. The predicted molar refractivity (Wildman–Crippen MR) is 90.3 cm³/mol. The molecule has 0 atom stereocenters. The summed E-state index contributed by atoms with van der Waals surface area (Å²) >= 11 is 0. The number of anilines is 1. The fourth-order valence-corrected chi connectivity index (χ4v) is 2.07. The molecule has 10 heteroatoms. The fraction of sp³-hybridized carbons (Fsp3) is 0.118. The van der Waals surface area contributed by atoms with Crippen LogP contribution in [-0.4, -0.2) is 24.6 Å². The average Bonchev–Trinajstić information content (AvgIpc) is 2.61. The van der Waals surface area contributed by atoms with Gasteiger partial charge in [0.25, 0.3) is 0 Å². The minimum Gasteiger partial charge on any atom is -0.493 e. The van der Waals surface area contributed by atoms with E-state index in [9.17, 15) is 28.1 Å². The van der Waals surface area contributed by atoms with Crippen LogP contribution in [0.3, 0.4) is 0 Å². The zero-order valence-corrected chi connectivity index (χ0v) is 13.8. The lowest BCUT2D eigenvalue weighted by Gasteiger charge is -2.10. The lowest BCUT2D eigenvalue weighted by Crippen LogP contribution is -2.08. The number of nitrogens with zero attached hydrogens (tertiary/aromatic N) is 1. The van der Waals surface area contributed by atoms with E-state index in [2.05, 4.69) is 10.1 Å². The molecule has 142 valence electrons. The third-order valence-electron chi connectivity index (χ3n) is 3.24. The number of nitro benzene ring substituents is 1. The van der Waals surface area contributed by atoms with Crippen molar-refractivity contribution in [1.29, 1.82) is 0 Å². The van der Waals surface area contributed by atoms with E-state index in [0.29, 0.717) is 5.56 Å². The van der Waals surface area contributed by atoms with Gasteiger partial charge in [0.2, 0.25) is 11.7 Å². The molecular weight excluding hydrogens is 369 g/mol. The van der Waals surface area contributed by atoms with Crippen LogP contribution in [0.25, 0.3) is 6.08 Å². The molecule has 0 saturated carbocycles. The normalized spacial score (nSPS) is 10.9. The first-order chi connectivity index (χ1) is 12.8. The van der Waals surface area contributed by atoms with E-state index in [1.807, 2.05) is 0 Å². The van der Waals surface area contributed by atoms with Crippen LogP contribution >= 0.6 is 0 Å². The summed E-state index contributed by atoms with van der Waals surface area (Å²) in [4.78, 5) is 21.7. The van der Waals surface area contributed by atoms with Gasteiger partial charge in [0.05, 0.1) is 12.0 Å². The van der Waals surface area contributed by atoms with Gasteiger partial charge in [-0.25, -0.2) is 0 Å². The molecule has 0 bridgehead atoms. The number of benzene rings is 2. The summed E-state index contributed by atoms with van der Waals surface area (Å²) in [5.41, 5.74) is -0.277. The molecule has 1 amide bonds. The molecule has 27 heavy (non-hydrogen) atoms. The molecule has 0 unspecified atom stereocenters. The number of nitrogens with one attached hydrogen (secondary N) is 1. The maximum Gasteiger partial charge on any atom is 0.387 e. The van der Waals surface area contributed by atoms with Crippen molar-refractivity contribution >= 4 is 23.4 Å². The van der Waals surface area contributed by atoms with Crippen LogP contribution in [0.15, 0.2) is 42.5 Å². The highest BCUT2D eigenvalue weighted by atomic mass is 19.3. The van der Waals surface area contributed by atoms with Crippen LogP contribution in [0.4, 0.5) is 24.5 Å². The molecule has 0 aromatic heterocycles. The molecule has 7 nitrogen and oxygen atoms in total. The first-order valence-electron chi connectivity index (χ1n) is 7.36. The highest BCUT2D eigenvalue weighted by Gasteiger charge is 2.15. The number of carbonyl (C=O) groups is 1. The molecule has 0 fully saturated rings. The van der Waals surface area contributed by atoms with E-state index >= 15 is 0 Å². The van der Waals surface area contributed by atoms with Crippen molar-refractivity contribution < 1.29 is 32.4 Å². The second-order valence-electron chi connectivity index (χ2n) is 5.03. The van der Waals surface area contributed by atoms with Gasteiger partial charge in [-0.05, 0) is 35.9 Å². The number of nitro groups is 1. The number of hydrogen-bond acceptors (Lipinski definition) is 5. The minimum absolute atomic E-state index is 0.0380. The van der Waals surface area contributed by atoms with E-state index in [0.717, 1.165) is 18.2 Å². The number of ether oxygens (including phenoxy) is 2. The smallest absolute Gasteiger partial charge is 0.387 e. The van der Waals surface area contributed by atoms with Crippen LogP contribution in [0.1, 0.15) is 5.56 Å². The first kappa shape index (κ1) is 19.8. The van der Waals surface area contributed by atoms with E-state index in [4.69, 9.17) is 4.74 Å². The number of hydrogen-bond donors (Lipinski definition) is 1. The van der Waals surface area contributed by atoms with Gasteiger partial charge >= 0.3 is 12.3 Å². The van der Waals surface area contributed by atoms with Crippen LogP contribution in [0, 0.1) is 15.9 Å². The molecule has 0 heterocycles. The van der Waals surface area contributed by atoms with E-state index in [1.165, 1.54) is 37.5 Å². The molecule has 2 aromatic rings. The quantitative estimate of drug-likeness (QED) is 0.444. The number of carbonyl (C=O) groups excluding carboxylic acids is 1. The zero-order valence-electron chi connectivity index (χ0n) is 13.8. The number of rotatable bonds is 7. The first-order valence-corrected chi connectivity index (χ1v) is 7.36. The Morgan fingerprint density at radius 2 is 1.96 bits per heavy atom. The van der Waals surface area contributed by atoms with E-state index < -0.39 is 28.9 Å². The van der Waals surface area contributed by atoms with Crippen molar-refractivity contribution in [2.45, 2.75) is 6.61 Å². The highest BCUT2D eigenvalue weighted by Crippen LogP contribution is 2.30. The van der Waals surface area contributed by atoms with Crippen molar-refractivity contribution in [2.24, 2.45) is 0 Å². The van der Waals surface area contributed by atoms with Gasteiger partial charge in [0.15, 0.2) is 11.5 Å². The second-order valence-corrected chi connectivity index (χ2v) is 5.03. The summed E-state index contributed by atoms with van der Waals surface area (Å²) in [5.74, 6) is -1.77. The summed E-state index contributed by atoms with van der Waals surface area (Å²) in [6, 6.07) is 6.99. The lowest BCUT2D eigenvalue weighted by molar-refractivity contribution is -0.387. The van der Waals surface area contributed by atoms with Gasteiger partial charge < -0.3 is 14.8 Å². The van der Waals surface area contributed by atoms with Crippen LogP contribution in [0.5, 0.6) is 11.5 Å². The minimum atomic E-state index is -3.01. The number of methoxy groups -OCH3 is 1. The van der Waals surface area contributed by atoms with E-state index in [1.54, 1.807) is 0 Å². The molecule has 0 aliphatic heterocycles. The summed E-state index contributed by atoms with van der Waals surface area (Å²) in [6.07, 6.45) is 2.47. The third kappa shape index (κ3) is 5.46. The summed E-state index contributed by atoms with van der Waals surface area (Å²) < 4.78 is 47.1. The van der Waals surface area contributed by atoms with Crippen LogP contribution in [0.2, 0.25) is 0 Å². The molecule has 0 spiro atoms. The largest absolute Gasteiger partial charge is 0.493 e. The topological polar surface area (TPSA) is 90.7 Å². The number of halogens is 3. The standard InChI is InChI=1S/C17H13F3N2O5/c1-26-15-8-10(2-6-14(15)27-17(19)20)3-7-16(23)21-11-4-5-12(18)13(9-11)22(24)25/h2-9,17H,1H3,(H,21,23). The Kier molecular flexibility index (Phi) is 6.36. The van der Waals surface area contributed by atoms with Crippen molar-refractivity contribution in [3.63, 3.8) is 0 Å². The summed E-state index contributed by atoms with van der Waals surface area (Å²) in [5, 5.41) is 13.0. The average molecular weight is 382 g/mol. The Morgan fingerprint density at radius 3 is 2.59 bits per heavy atom. The van der Waals surface area contributed by atoms with Crippen LogP contribution < -0.4 is 14.8 Å². The molecule has 0 aliphatic rings. The molecule has 0 saturated heterocycles. The van der Waals surface area contributed by atoms with Gasteiger partial charge in [-0.2, -0.15) is 13.2 Å². The van der Waals surface area contributed by atoms with Crippen LogP contribution in [-0.2, 0) is 4.79 Å². The summed E-state index contributed by atoms with van der Waals surface area (Å²) in [7, 11) is 1.27. The van der Waals surface area contributed by atoms with Gasteiger partial charge in [0, 0.05) is 17.8 Å². The molecule has 2 aromatic carbocycles. The highest BCUT2D eigenvalue weighted by molar-refractivity contribution is 6.02. The molecule has 1 N–H and O–H groups in total. The predicted octanol–water partition coefficient (Wildman–Crippen LogP) is 4.00. The summed E-state index contributed by atoms with van der Waals surface area (Å²) in [6.45, 7) is -3.01. The van der Waals surface area contributed by atoms with Gasteiger partial charge in [0.1, 0.15) is 0 Å². The van der Waals surface area contributed by atoms with Crippen molar-refractivity contribution in [1.82, 2.24) is 0 Å². The number of alkyl halides is 2. The zero-order chi connectivity index (χ0) is 20.0. The SMILES string of the molecule is COc1cc(C=CC(=O)Nc2ccc(F)c([N+](=O)[O-])c2)ccc1OC(F)F. The Morgan fingerprint density at radius 1 is 1.22 bits per heavy atom. The van der Waals surface area contributed by atoms with Gasteiger partial charge in [-0.1, -0.05) is 6.07 Å². The molecule has 0 radical (unpaired) electrons. The van der Waals surface area contributed by atoms with E-state index in [-0.39, 0.29) is 17.2 Å². The van der Waals surface area contributed by atoms with Crippen molar-refractivity contribution in [3.8, 4) is 11.5 Å². The Labute approximate surface area is 151 Å². The van der Waals surface area contributed by atoms with Crippen molar-refractivity contribution in [3.05, 3.63) is 64.0 Å². The number of amides is 1.